The first kappa shape index (κ1) is 10.1. The Balaban J connectivity index is 2.31. The van der Waals surface area contributed by atoms with Gasteiger partial charge in [0.25, 0.3) is 0 Å². The van der Waals surface area contributed by atoms with E-state index in [1.54, 1.807) is 5.01 Å². The van der Waals surface area contributed by atoms with Crippen LogP contribution in [-0.2, 0) is 9.09 Å². The second-order valence-corrected chi connectivity index (χ2v) is 4.02. The van der Waals surface area contributed by atoms with E-state index in [1.165, 1.54) is 0 Å². The molecule has 6 nitrogen and oxygen atoms in total. The maximum absolute atomic E-state index is 10.4. The second kappa shape index (κ2) is 3.83. The minimum absolute atomic E-state index is 0.356. The largest absolute Gasteiger partial charge is 0.469 e. The van der Waals surface area contributed by atoms with E-state index in [-0.39, 0.29) is 6.10 Å². The zero-order chi connectivity index (χ0) is 9.19. The fraction of sp³-hybridized carbons (Fsp3) is 1.00. The monoisotopic (exact) mass is 196 g/mol. The molecule has 1 aliphatic rings. The number of phosphoric acid groups is 1. The van der Waals surface area contributed by atoms with Crippen molar-refractivity contribution in [3.05, 3.63) is 0 Å². The van der Waals surface area contributed by atoms with E-state index in [1.807, 2.05) is 0 Å². The molecule has 4 N–H and O–H groups in total. The van der Waals surface area contributed by atoms with Crippen LogP contribution in [-0.4, -0.2) is 34.0 Å². The van der Waals surface area contributed by atoms with E-state index in [0.29, 0.717) is 25.9 Å². The van der Waals surface area contributed by atoms with Gasteiger partial charge in [-0.1, -0.05) is 0 Å². The van der Waals surface area contributed by atoms with Crippen LogP contribution < -0.4 is 5.84 Å². The zero-order valence-electron chi connectivity index (χ0n) is 6.59. The summed E-state index contributed by atoms with van der Waals surface area (Å²) in [6.07, 6.45) is 0.786. The summed E-state index contributed by atoms with van der Waals surface area (Å²) >= 11 is 0. The number of hydrogen-bond donors (Lipinski definition) is 3. The molecule has 0 atom stereocenters. The molecule has 72 valence electrons. The number of hydrogen-bond acceptors (Lipinski definition) is 4. The summed E-state index contributed by atoms with van der Waals surface area (Å²) in [4.78, 5) is 17.0. The van der Waals surface area contributed by atoms with Crippen molar-refractivity contribution in [1.82, 2.24) is 5.01 Å². The van der Waals surface area contributed by atoms with Gasteiger partial charge in [-0.3, -0.25) is 10.4 Å². The summed E-state index contributed by atoms with van der Waals surface area (Å²) in [6.45, 7) is 1.23. The van der Waals surface area contributed by atoms with Crippen LogP contribution >= 0.6 is 7.82 Å². The Kier molecular flexibility index (Phi) is 3.22. The van der Waals surface area contributed by atoms with Crippen LogP contribution in [0, 0.1) is 0 Å². The Hall–Kier alpha value is 0.0300. The predicted molar refractivity (Wildman–Crippen MR) is 41.9 cm³/mol. The highest BCUT2D eigenvalue weighted by atomic mass is 31.2. The molecule has 7 heteroatoms. The number of hydrazine groups is 1. The lowest BCUT2D eigenvalue weighted by atomic mass is 10.1. The minimum Gasteiger partial charge on any atom is -0.303 e. The summed E-state index contributed by atoms with van der Waals surface area (Å²) in [7, 11) is -4.31. The van der Waals surface area contributed by atoms with Crippen LogP contribution in [0.2, 0.25) is 0 Å². The molecule has 1 heterocycles. The smallest absolute Gasteiger partial charge is 0.303 e. The third kappa shape index (κ3) is 3.62. The average Bonchev–Trinajstić information content (AvgIpc) is 1.91. The Morgan fingerprint density at radius 1 is 1.42 bits per heavy atom. The van der Waals surface area contributed by atoms with Gasteiger partial charge in [0, 0.05) is 13.1 Å². The van der Waals surface area contributed by atoms with Crippen molar-refractivity contribution in [2.24, 2.45) is 5.84 Å². The lowest BCUT2D eigenvalue weighted by Gasteiger charge is -2.28. The molecule has 1 fully saturated rings. The molecule has 1 saturated heterocycles. The third-order valence-electron chi connectivity index (χ3n) is 1.76. The molecular weight excluding hydrogens is 183 g/mol. The standard InChI is InChI=1S/C5H13N2O4P/c6-7-3-1-5(2-4-7)11-12(8,9)10/h5H,1-4,6H2,(H2,8,9,10). The van der Waals surface area contributed by atoms with Crippen molar-refractivity contribution in [3.8, 4) is 0 Å². The normalized spacial score (nSPS) is 22.9. The molecule has 0 saturated carbocycles. The molecule has 0 aromatic rings. The minimum atomic E-state index is -4.31. The summed E-state index contributed by atoms with van der Waals surface area (Å²) in [5.41, 5.74) is 0. The predicted octanol–water partition coefficient (Wildman–Crippen LogP) is -0.566. The summed E-state index contributed by atoms with van der Waals surface area (Å²) in [6, 6.07) is 0. The molecule has 0 amide bonds. The summed E-state index contributed by atoms with van der Waals surface area (Å²) < 4.78 is 14.9. The second-order valence-electron chi connectivity index (χ2n) is 2.83. The molecule has 0 unspecified atom stereocenters. The Bertz CT molecular complexity index is 186. The van der Waals surface area contributed by atoms with Crippen molar-refractivity contribution in [2.75, 3.05) is 13.1 Å². The molecule has 0 spiro atoms. The number of rotatable bonds is 2. The Labute approximate surface area is 70.5 Å². The van der Waals surface area contributed by atoms with Gasteiger partial charge in [-0.05, 0) is 12.8 Å². The van der Waals surface area contributed by atoms with Crippen LogP contribution in [0.5, 0.6) is 0 Å². The van der Waals surface area contributed by atoms with Gasteiger partial charge >= 0.3 is 7.82 Å². The highest BCUT2D eigenvalue weighted by Crippen LogP contribution is 2.39. The van der Waals surface area contributed by atoms with Gasteiger partial charge in [-0.2, -0.15) is 0 Å². The average molecular weight is 196 g/mol. The zero-order valence-corrected chi connectivity index (χ0v) is 7.48. The van der Waals surface area contributed by atoms with Gasteiger partial charge in [0.05, 0.1) is 6.10 Å². The van der Waals surface area contributed by atoms with Crippen molar-refractivity contribution >= 4 is 7.82 Å². The highest BCUT2D eigenvalue weighted by Gasteiger charge is 2.25. The van der Waals surface area contributed by atoms with Crippen molar-refractivity contribution in [2.45, 2.75) is 18.9 Å². The number of nitrogens with two attached hydrogens (primary N) is 1. The molecule has 0 aromatic heterocycles. The van der Waals surface area contributed by atoms with Crippen LogP contribution in [0.3, 0.4) is 0 Å². The number of piperidine rings is 1. The third-order valence-corrected chi connectivity index (χ3v) is 2.34. The van der Waals surface area contributed by atoms with E-state index in [4.69, 9.17) is 15.6 Å². The van der Waals surface area contributed by atoms with Crippen molar-refractivity contribution < 1.29 is 18.9 Å². The van der Waals surface area contributed by atoms with Gasteiger partial charge in [-0.15, -0.1) is 0 Å². The Morgan fingerprint density at radius 2 is 1.92 bits per heavy atom. The molecular formula is C5H13N2O4P. The fourth-order valence-electron chi connectivity index (χ4n) is 1.18. The number of nitrogens with zero attached hydrogens (tertiary/aromatic N) is 1. The van der Waals surface area contributed by atoms with E-state index in [0.717, 1.165) is 0 Å². The van der Waals surface area contributed by atoms with Crippen LogP contribution in [0.15, 0.2) is 0 Å². The first-order valence-corrected chi connectivity index (χ1v) is 5.24. The first-order chi connectivity index (χ1) is 5.47. The van der Waals surface area contributed by atoms with Gasteiger partial charge in [-0.25, -0.2) is 9.57 Å². The lowest BCUT2D eigenvalue weighted by molar-refractivity contribution is 0.0713. The number of phosphoric ester groups is 1. The van der Waals surface area contributed by atoms with E-state index >= 15 is 0 Å². The van der Waals surface area contributed by atoms with Gasteiger partial charge in [0.1, 0.15) is 0 Å². The quantitative estimate of drug-likeness (QED) is 0.404. The maximum Gasteiger partial charge on any atom is 0.469 e. The SMILES string of the molecule is NN1CCC(OP(=O)(O)O)CC1. The van der Waals surface area contributed by atoms with Gasteiger partial charge in [0.2, 0.25) is 0 Å². The van der Waals surface area contributed by atoms with Crippen LogP contribution in [0.1, 0.15) is 12.8 Å². The molecule has 0 aromatic carbocycles. The Morgan fingerprint density at radius 3 is 2.33 bits per heavy atom. The maximum atomic E-state index is 10.4. The molecule has 12 heavy (non-hydrogen) atoms. The van der Waals surface area contributed by atoms with E-state index < -0.39 is 7.82 Å². The van der Waals surface area contributed by atoms with Gasteiger partial charge in [0.15, 0.2) is 0 Å². The van der Waals surface area contributed by atoms with Crippen LogP contribution in [0.25, 0.3) is 0 Å². The van der Waals surface area contributed by atoms with Crippen molar-refractivity contribution in [3.63, 3.8) is 0 Å². The molecule has 1 aliphatic heterocycles. The van der Waals surface area contributed by atoms with E-state index in [9.17, 15) is 4.57 Å². The summed E-state index contributed by atoms with van der Waals surface area (Å²) in [5, 5.41) is 1.61. The highest BCUT2D eigenvalue weighted by molar-refractivity contribution is 7.46. The topological polar surface area (TPSA) is 96.0 Å². The van der Waals surface area contributed by atoms with Crippen molar-refractivity contribution in [1.29, 1.82) is 0 Å². The lowest BCUT2D eigenvalue weighted by Crippen LogP contribution is -2.41. The molecule has 0 bridgehead atoms. The molecule has 0 aliphatic carbocycles. The molecule has 1 rings (SSSR count). The fourth-order valence-corrected chi connectivity index (χ4v) is 1.77. The van der Waals surface area contributed by atoms with E-state index in [2.05, 4.69) is 4.52 Å². The summed E-state index contributed by atoms with van der Waals surface area (Å²) in [5.74, 6) is 5.44. The first-order valence-electron chi connectivity index (χ1n) is 3.71. The molecule has 0 radical (unpaired) electrons. The van der Waals surface area contributed by atoms with Gasteiger partial charge < -0.3 is 9.79 Å². The van der Waals surface area contributed by atoms with Crippen LogP contribution in [0.4, 0.5) is 0 Å².